The largest absolute Gasteiger partial charge is 0.389 e. The zero-order valence-corrected chi connectivity index (χ0v) is 12.8. The van der Waals surface area contributed by atoms with E-state index in [9.17, 15) is 0 Å². The minimum absolute atomic E-state index is 0.415. The molecule has 0 aromatic carbocycles. The molecule has 20 heavy (non-hydrogen) atoms. The predicted octanol–water partition coefficient (Wildman–Crippen LogP) is 3.27. The lowest BCUT2D eigenvalue weighted by atomic mass is 9.94. The van der Waals surface area contributed by atoms with Gasteiger partial charge in [0.05, 0.1) is 5.56 Å². The average Bonchev–Trinajstić information content (AvgIpc) is 2.97. The molecule has 3 rings (SSSR count). The first kappa shape index (κ1) is 13.5. The third-order valence-corrected chi connectivity index (χ3v) is 4.56. The number of aryl methyl sites for hydroxylation is 2. The van der Waals surface area contributed by atoms with Gasteiger partial charge in [0, 0.05) is 12.2 Å². The SMILES string of the molecule is NC(=S)c1cc2c(nc1NCc1ccsc1)CCCC2. The number of hydrogen-bond donors (Lipinski definition) is 2. The minimum atomic E-state index is 0.415. The van der Waals surface area contributed by atoms with Gasteiger partial charge in [-0.15, -0.1) is 0 Å². The molecule has 0 amide bonds. The predicted molar refractivity (Wildman–Crippen MR) is 88.4 cm³/mol. The van der Waals surface area contributed by atoms with Gasteiger partial charge in [-0.25, -0.2) is 4.98 Å². The molecule has 0 saturated heterocycles. The van der Waals surface area contributed by atoms with Crippen LogP contribution in [0.3, 0.4) is 0 Å². The lowest BCUT2D eigenvalue weighted by Gasteiger charge is -2.19. The molecule has 104 valence electrons. The van der Waals surface area contributed by atoms with E-state index in [1.165, 1.54) is 29.7 Å². The number of pyridine rings is 1. The quantitative estimate of drug-likeness (QED) is 0.851. The van der Waals surface area contributed by atoms with Crippen molar-refractivity contribution in [3.8, 4) is 0 Å². The van der Waals surface area contributed by atoms with Crippen LogP contribution in [0.25, 0.3) is 0 Å². The van der Waals surface area contributed by atoms with Crippen LogP contribution in [0.2, 0.25) is 0 Å². The molecule has 3 N–H and O–H groups in total. The van der Waals surface area contributed by atoms with Crippen molar-refractivity contribution in [3.63, 3.8) is 0 Å². The molecule has 0 unspecified atom stereocenters. The van der Waals surface area contributed by atoms with E-state index in [2.05, 4.69) is 28.2 Å². The van der Waals surface area contributed by atoms with Crippen LogP contribution in [-0.2, 0) is 19.4 Å². The highest BCUT2D eigenvalue weighted by Gasteiger charge is 2.16. The molecular formula is C15H17N3S2. The van der Waals surface area contributed by atoms with Gasteiger partial charge in [0.15, 0.2) is 0 Å². The van der Waals surface area contributed by atoms with E-state index < -0.39 is 0 Å². The van der Waals surface area contributed by atoms with Crippen molar-refractivity contribution >= 4 is 34.4 Å². The Kier molecular flexibility index (Phi) is 3.98. The Morgan fingerprint density at radius 3 is 3.00 bits per heavy atom. The summed E-state index contributed by atoms with van der Waals surface area (Å²) in [6.45, 7) is 0.755. The summed E-state index contributed by atoms with van der Waals surface area (Å²) in [5.74, 6) is 0.823. The van der Waals surface area contributed by atoms with E-state index in [-0.39, 0.29) is 0 Å². The Morgan fingerprint density at radius 1 is 1.40 bits per heavy atom. The Balaban J connectivity index is 1.89. The molecule has 0 fully saturated rings. The number of rotatable bonds is 4. The van der Waals surface area contributed by atoms with Crippen molar-refractivity contribution in [1.29, 1.82) is 0 Å². The van der Waals surface area contributed by atoms with Crippen molar-refractivity contribution in [1.82, 2.24) is 4.98 Å². The van der Waals surface area contributed by atoms with Gasteiger partial charge in [-0.3, -0.25) is 0 Å². The number of nitrogens with zero attached hydrogens (tertiary/aromatic N) is 1. The Hall–Kier alpha value is -1.46. The molecule has 0 atom stereocenters. The number of anilines is 1. The zero-order valence-electron chi connectivity index (χ0n) is 11.2. The Bertz CT molecular complexity index is 620. The number of aromatic nitrogens is 1. The fraction of sp³-hybridized carbons (Fsp3) is 0.333. The second-order valence-corrected chi connectivity index (χ2v) is 6.27. The van der Waals surface area contributed by atoms with Gasteiger partial charge in [0.25, 0.3) is 0 Å². The summed E-state index contributed by atoms with van der Waals surface area (Å²) in [5.41, 5.74) is 10.5. The lowest BCUT2D eigenvalue weighted by Crippen LogP contribution is -2.17. The van der Waals surface area contributed by atoms with E-state index in [1.54, 1.807) is 11.3 Å². The highest BCUT2D eigenvalue weighted by atomic mass is 32.1. The van der Waals surface area contributed by atoms with Crippen LogP contribution in [0, 0.1) is 0 Å². The van der Waals surface area contributed by atoms with Crippen LogP contribution in [0.5, 0.6) is 0 Å². The smallest absolute Gasteiger partial charge is 0.136 e. The number of thiophene rings is 1. The minimum Gasteiger partial charge on any atom is -0.389 e. The average molecular weight is 303 g/mol. The van der Waals surface area contributed by atoms with Gasteiger partial charge in [0.2, 0.25) is 0 Å². The van der Waals surface area contributed by atoms with Crippen LogP contribution in [0.1, 0.15) is 35.2 Å². The summed E-state index contributed by atoms with van der Waals surface area (Å²) in [6.07, 6.45) is 4.59. The topological polar surface area (TPSA) is 50.9 Å². The summed E-state index contributed by atoms with van der Waals surface area (Å²) in [6, 6.07) is 4.23. The number of nitrogens with one attached hydrogen (secondary N) is 1. The van der Waals surface area contributed by atoms with Crippen molar-refractivity contribution < 1.29 is 0 Å². The molecule has 1 aliphatic carbocycles. The normalized spacial score (nSPS) is 13.8. The summed E-state index contributed by atoms with van der Waals surface area (Å²) >= 11 is 6.87. The van der Waals surface area contributed by atoms with Crippen molar-refractivity contribution in [3.05, 3.63) is 45.3 Å². The fourth-order valence-corrected chi connectivity index (χ4v) is 3.36. The highest BCUT2D eigenvalue weighted by molar-refractivity contribution is 7.80. The summed E-state index contributed by atoms with van der Waals surface area (Å²) in [4.78, 5) is 5.17. The van der Waals surface area contributed by atoms with Gasteiger partial charge >= 0.3 is 0 Å². The monoisotopic (exact) mass is 303 g/mol. The van der Waals surface area contributed by atoms with Gasteiger partial charge in [-0.1, -0.05) is 12.2 Å². The van der Waals surface area contributed by atoms with Crippen LogP contribution in [-0.4, -0.2) is 9.97 Å². The number of thiocarbonyl (C=S) groups is 1. The van der Waals surface area contributed by atoms with E-state index in [4.69, 9.17) is 22.9 Å². The first-order valence-corrected chi connectivity index (χ1v) is 8.16. The fourth-order valence-electron chi connectivity index (χ4n) is 2.54. The first-order valence-electron chi connectivity index (χ1n) is 6.81. The molecule has 0 saturated carbocycles. The second-order valence-electron chi connectivity index (χ2n) is 5.05. The molecule has 0 bridgehead atoms. The Morgan fingerprint density at radius 2 is 2.25 bits per heavy atom. The summed E-state index contributed by atoms with van der Waals surface area (Å²) < 4.78 is 0. The van der Waals surface area contributed by atoms with Crippen molar-refractivity contribution in [2.45, 2.75) is 32.2 Å². The first-order chi connectivity index (χ1) is 9.74. The molecule has 0 radical (unpaired) electrons. The van der Waals surface area contributed by atoms with E-state index in [0.29, 0.717) is 4.99 Å². The molecule has 2 aromatic rings. The zero-order chi connectivity index (χ0) is 13.9. The molecule has 2 heterocycles. The maximum absolute atomic E-state index is 5.85. The summed E-state index contributed by atoms with van der Waals surface area (Å²) in [7, 11) is 0. The molecule has 0 spiro atoms. The van der Waals surface area contributed by atoms with Gasteiger partial charge < -0.3 is 11.1 Å². The summed E-state index contributed by atoms with van der Waals surface area (Å²) in [5, 5.41) is 7.58. The number of fused-ring (bicyclic) bond motifs is 1. The third kappa shape index (κ3) is 2.83. The Labute approximate surface area is 128 Å². The van der Waals surface area contributed by atoms with Crippen molar-refractivity contribution in [2.75, 3.05) is 5.32 Å². The van der Waals surface area contributed by atoms with Crippen LogP contribution < -0.4 is 11.1 Å². The number of nitrogens with two attached hydrogens (primary N) is 1. The van der Waals surface area contributed by atoms with Crippen LogP contribution >= 0.6 is 23.6 Å². The number of hydrogen-bond acceptors (Lipinski definition) is 4. The highest BCUT2D eigenvalue weighted by Crippen LogP contribution is 2.25. The van der Waals surface area contributed by atoms with Gasteiger partial charge in [-0.2, -0.15) is 11.3 Å². The van der Waals surface area contributed by atoms with E-state index >= 15 is 0 Å². The maximum Gasteiger partial charge on any atom is 0.136 e. The maximum atomic E-state index is 5.85. The van der Waals surface area contributed by atoms with Gasteiger partial charge in [-0.05, 0) is 59.7 Å². The standard InChI is InChI=1S/C15H17N3S2/c16-14(19)12-7-11-3-1-2-4-13(11)18-15(12)17-8-10-5-6-20-9-10/h5-7,9H,1-4,8H2,(H2,16,19)(H,17,18). The third-order valence-electron chi connectivity index (χ3n) is 3.61. The molecule has 0 aliphatic heterocycles. The van der Waals surface area contributed by atoms with Crippen LogP contribution in [0.4, 0.5) is 5.82 Å². The second kappa shape index (κ2) is 5.89. The molecular weight excluding hydrogens is 286 g/mol. The van der Waals surface area contributed by atoms with Gasteiger partial charge in [0.1, 0.15) is 10.8 Å². The van der Waals surface area contributed by atoms with Crippen molar-refractivity contribution in [2.24, 2.45) is 5.73 Å². The molecule has 3 nitrogen and oxygen atoms in total. The van der Waals surface area contributed by atoms with E-state index in [1.807, 2.05) is 0 Å². The lowest BCUT2D eigenvalue weighted by molar-refractivity contribution is 0.668. The molecule has 5 heteroatoms. The van der Waals surface area contributed by atoms with Crippen LogP contribution in [0.15, 0.2) is 22.9 Å². The molecule has 1 aliphatic rings. The molecule has 2 aromatic heterocycles. The van der Waals surface area contributed by atoms with E-state index in [0.717, 1.165) is 30.8 Å².